The van der Waals surface area contributed by atoms with Gasteiger partial charge >= 0.3 is 5.97 Å². The van der Waals surface area contributed by atoms with Crippen molar-refractivity contribution in [1.82, 2.24) is 5.32 Å². The normalized spacial score (nSPS) is 39.2. The second-order valence-corrected chi connectivity index (χ2v) is 15.4. The molecule has 10 atom stereocenters. The van der Waals surface area contributed by atoms with Crippen LogP contribution in [-0.2, 0) is 15.2 Å². The van der Waals surface area contributed by atoms with Gasteiger partial charge in [-0.1, -0.05) is 75.4 Å². The number of hydrogen-bond donors (Lipinski definition) is 3. The van der Waals surface area contributed by atoms with Crippen LogP contribution >= 0.6 is 0 Å². The van der Waals surface area contributed by atoms with Crippen LogP contribution in [-0.4, -0.2) is 28.1 Å². The van der Waals surface area contributed by atoms with Gasteiger partial charge in [0.2, 0.25) is 5.91 Å². The summed E-state index contributed by atoms with van der Waals surface area (Å²) in [6.07, 6.45) is 9.12. The summed E-state index contributed by atoms with van der Waals surface area (Å²) < 4.78 is 0. The van der Waals surface area contributed by atoms with Gasteiger partial charge < -0.3 is 15.5 Å². The molecule has 5 heteroatoms. The summed E-state index contributed by atoms with van der Waals surface area (Å²) in [6.45, 7) is 8.91. The molecule has 0 aliphatic heterocycles. The quantitative estimate of drug-likeness (QED) is 0.309. The van der Waals surface area contributed by atoms with Crippen LogP contribution in [0.1, 0.15) is 97.5 Å². The number of carbonyl (C=O) groups is 2. The number of carbonyl (C=O) groups excluding carboxylic acids is 1. The molecular weight excluding hydrogens is 534 g/mol. The van der Waals surface area contributed by atoms with Crippen molar-refractivity contribution in [3.8, 4) is 11.1 Å². The van der Waals surface area contributed by atoms with Crippen LogP contribution in [0.2, 0.25) is 0 Å². The SMILES string of the molecule is CC(=O)N[C@@H]1C[C@@H]2C[C@](O)(c3ccc(-c4ccccc4)cc3)CC[C@]2(C)[C@H]2CC[C@]3(C)[C@@H]([C@H](C)CCC(=O)O)CC[C@H]3[C@H]12. The van der Waals surface area contributed by atoms with Crippen molar-refractivity contribution in [2.24, 2.45) is 46.3 Å². The van der Waals surface area contributed by atoms with Crippen LogP contribution in [0.5, 0.6) is 0 Å². The van der Waals surface area contributed by atoms with E-state index >= 15 is 0 Å². The van der Waals surface area contributed by atoms with E-state index in [0.29, 0.717) is 35.5 Å². The topological polar surface area (TPSA) is 86.6 Å². The van der Waals surface area contributed by atoms with E-state index in [4.69, 9.17) is 0 Å². The maximum Gasteiger partial charge on any atom is 0.303 e. The Bertz CT molecular complexity index is 1330. The van der Waals surface area contributed by atoms with Gasteiger partial charge in [-0.3, -0.25) is 9.59 Å². The fourth-order valence-electron chi connectivity index (χ4n) is 11.1. The van der Waals surface area contributed by atoms with E-state index in [1.807, 2.05) is 6.07 Å². The van der Waals surface area contributed by atoms with Gasteiger partial charge in [-0.15, -0.1) is 0 Å². The summed E-state index contributed by atoms with van der Waals surface area (Å²) in [7, 11) is 0. The van der Waals surface area contributed by atoms with Crippen molar-refractivity contribution in [1.29, 1.82) is 0 Å². The molecule has 4 aliphatic rings. The monoisotopic (exact) mass is 585 g/mol. The van der Waals surface area contributed by atoms with E-state index in [2.05, 4.69) is 74.6 Å². The molecule has 1 amide bonds. The second kappa shape index (κ2) is 11.4. The largest absolute Gasteiger partial charge is 0.481 e. The van der Waals surface area contributed by atoms with E-state index in [1.165, 1.54) is 18.4 Å². The van der Waals surface area contributed by atoms with Crippen LogP contribution in [0.25, 0.3) is 11.1 Å². The highest BCUT2D eigenvalue weighted by atomic mass is 16.4. The van der Waals surface area contributed by atoms with Crippen LogP contribution in [0.4, 0.5) is 0 Å². The third-order valence-corrected chi connectivity index (χ3v) is 13.3. The van der Waals surface area contributed by atoms with Gasteiger partial charge in [-0.2, -0.15) is 0 Å². The van der Waals surface area contributed by atoms with Crippen LogP contribution in [0, 0.1) is 46.3 Å². The maximum absolute atomic E-state index is 12.6. The Morgan fingerprint density at radius 1 is 0.907 bits per heavy atom. The van der Waals surface area contributed by atoms with Crippen LogP contribution < -0.4 is 5.32 Å². The van der Waals surface area contributed by atoms with Gasteiger partial charge in [0.05, 0.1) is 5.60 Å². The van der Waals surface area contributed by atoms with Crippen molar-refractivity contribution >= 4 is 11.9 Å². The summed E-state index contributed by atoms with van der Waals surface area (Å²) in [4.78, 5) is 23.9. The summed E-state index contributed by atoms with van der Waals surface area (Å²) >= 11 is 0. The first-order valence-corrected chi connectivity index (χ1v) is 16.8. The molecule has 0 saturated heterocycles. The number of benzene rings is 2. The van der Waals surface area contributed by atoms with E-state index in [0.717, 1.165) is 56.1 Å². The first-order chi connectivity index (χ1) is 20.4. The lowest BCUT2D eigenvalue weighted by molar-refractivity contribution is -0.166. The smallest absolute Gasteiger partial charge is 0.303 e. The van der Waals surface area contributed by atoms with Gasteiger partial charge in [0.1, 0.15) is 0 Å². The number of hydrogen-bond acceptors (Lipinski definition) is 3. The van der Waals surface area contributed by atoms with Crippen molar-refractivity contribution in [2.75, 3.05) is 0 Å². The minimum atomic E-state index is -0.853. The minimum absolute atomic E-state index is 0.0478. The number of rotatable bonds is 7. The molecule has 6 rings (SSSR count). The molecular formula is C38H51NO4. The average Bonchev–Trinajstić information content (AvgIpc) is 3.34. The number of carboxylic acids is 1. The van der Waals surface area contributed by atoms with Crippen molar-refractivity contribution < 1.29 is 19.8 Å². The highest BCUT2D eigenvalue weighted by Gasteiger charge is 2.64. The van der Waals surface area contributed by atoms with Gasteiger partial charge in [0, 0.05) is 19.4 Å². The number of aliphatic carboxylic acids is 1. The third-order valence-electron chi connectivity index (χ3n) is 13.3. The number of nitrogens with one attached hydrogen (secondary N) is 1. The zero-order valence-electron chi connectivity index (χ0n) is 26.5. The molecule has 5 nitrogen and oxygen atoms in total. The van der Waals surface area contributed by atoms with Crippen molar-refractivity contribution in [2.45, 2.75) is 104 Å². The molecule has 0 unspecified atom stereocenters. The Balaban J connectivity index is 1.25. The standard InChI is InChI=1S/C38H51NO4/c1-24(10-17-34(41)42)30-15-16-31-35-32(18-19-37(30,31)4)36(3)20-21-38(43,23-29(36)22-33(35)39-25(2)40)28-13-11-27(12-14-28)26-8-6-5-7-9-26/h5-9,11-14,24,29-33,35,43H,10,15-23H2,1-4H3,(H,39,40)(H,41,42)/t24-,29-,30-,31+,32+,33-,35+,36+,37-,38+/m1/s1. The van der Waals surface area contributed by atoms with Crippen LogP contribution in [0.3, 0.4) is 0 Å². The fraction of sp³-hybridized carbons (Fsp3) is 0.632. The van der Waals surface area contributed by atoms with E-state index in [9.17, 15) is 19.8 Å². The van der Waals surface area contributed by atoms with E-state index in [-0.39, 0.29) is 29.2 Å². The van der Waals surface area contributed by atoms with E-state index in [1.54, 1.807) is 6.92 Å². The van der Waals surface area contributed by atoms with Crippen molar-refractivity contribution in [3.05, 3.63) is 60.2 Å². The lowest BCUT2D eigenvalue weighted by atomic mass is 9.42. The summed E-state index contributed by atoms with van der Waals surface area (Å²) in [5.74, 6) is 2.14. The predicted molar refractivity (Wildman–Crippen MR) is 170 cm³/mol. The molecule has 0 spiro atoms. The zero-order chi connectivity index (χ0) is 30.6. The molecule has 2 aromatic rings. The highest BCUT2D eigenvalue weighted by molar-refractivity contribution is 5.73. The molecule has 4 saturated carbocycles. The lowest BCUT2D eigenvalue weighted by Gasteiger charge is -2.64. The summed E-state index contributed by atoms with van der Waals surface area (Å²) in [5.41, 5.74) is 2.84. The first kappa shape index (κ1) is 30.4. The van der Waals surface area contributed by atoms with E-state index < -0.39 is 11.6 Å². The van der Waals surface area contributed by atoms with Gasteiger partial charge in [-0.05, 0) is 121 Å². The molecule has 4 aliphatic carbocycles. The number of carboxylic acid groups (broad SMARTS) is 1. The molecule has 0 heterocycles. The maximum atomic E-state index is 12.6. The Labute approximate surface area is 257 Å². The minimum Gasteiger partial charge on any atom is -0.481 e. The second-order valence-electron chi connectivity index (χ2n) is 15.4. The molecule has 2 aromatic carbocycles. The molecule has 232 valence electrons. The lowest BCUT2D eigenvalue weighted by Crippen LogP contribution is -2.62. The number of amides is 1. The molecule has 4 fully saturated rings. The number of fused-ring (bicyclic) bond motifs is 5. The Morgan fingerprint density at radius 3 is 2.26 bits per heavy atom. The average molecular weight is 586 g/mol. The molecule has 0 radical (unpaired) electrons. The van der Waals surface area contributed by atoms with Gasteiger partial charge in [0.25, 0.3) is 0 Å². The predicted octanol–water partition coefficient (Wildman–Crippen LogP) is 7.82. The Morgan fingerprint density at radius 2 is 1.58 bits per heavy atom. The molecule has 0 aromatic heterocycles. The third kappa shape index (κ3) is 5.34. The van der Waals surface area contributed by atoms with Gasteiger partial charge in [0.15, 0.2) is 0 Å². The Kier molecular flexibility index (Phi) is 8.03. The summed E-state index contributed by atoms with van der Waals surface area (Å²) in [5, 5.41) is 24.9. The number of aliphatic hydroxyl groups is 1. The molecule has 3 N–H and O–H groups in total. The first-order valence-electron chi connectivity index (χ1n) is 16.8. The highest BCUT2D eigenvalue weighted by Crippen LogP contribution is 2.69. The zero-order valence-corrected chi connectivity index (χ0v) is 26.5. The Hall–Kier alpha value is -2.66. The molecule has 43 heavy (non-hydrogen) atoms. The van der Waals surface area contributed by atoms with Crippen molar-refractivity contribution in [3.63, 3.8) is 0 Å². The van der Waals surface area contributed by atoms with Crippen LogP contribution in [0.15, 0.2) is 54.6 Å². The van der Waals surface area contributed by atoms with Gasteiger partial charge in [-0.25, -0.2) is 0 Å². The molecule has 0 bridgehead atoms. The fourth-order valence-corrected chi connectivity index (χ4v) is 11.1. The summed E-state index contributed by atoms with van der Waals surface area (Å²) in [6, 6.07) is 19.0.